The maximum absolute atomic E-state index is 15.4. The van der Waals surface area contributed by atoms with Crippen molar-refractivity contribution in [2.75, 3.05) is 37.7 Å². The van der Waals surface area contributed by atoms with Crippen LogP contribution in [0.15, 0.2) is 103 Å². The number of anilines is 2. The van der Waals surface area contributed by atoms with E-state index >= 15 is 9.18 Å². The van der Waals surface area contributed by atoms with Crippen molar-refractivity contribution in [2.45, 2.75) is 44.8 Å². The smallest absolute Gasteiger partial charge is 0.264 e. The standard InChI is InChI=1S/C45H44FN5O4/c1-47-19-17-31-25-35(12-16-41(31)47)51(34-10-13-37(52)14-11-34)45(54)40-27-43(49-18-5-4-8-42(40)49)39-26-33(46)9-15-38(39)44(53)50-28-32-7-3-2-6-30(32)24-36(50)29-48-20-22-55-23-21-48/h2-3,6-7,9-17,19,25-27,36,52H,4-5,8,18,20-24,28-29H2,1H3/t36-/m0/s1. The van der Waals surface area contributed by atoms with Crippen molar-refractivity contribution >= 4 is 34.1 Å². The Kier molecular flexibility index (Phi) is 9.23. The maximum Gasteiger partial charge on any atom is 0.264 e. The normalized spacial score (nSPS) is 17.2. The SMILES string of the molecule is Cn1ccc2cc(N(C(=O)c3cc(-c4cc(F)ccc4C(=O)N4Cc5ccccc5C[C@H]4CN4CCOCC4)n4c3CCCC4)c3ccc(O)cc3)ccc21. The second kappa shape index (κ2) is 14.5. The van der Waals surface area contributed by atoms with E-state index in [0.29, 0.717) is 66.5 Å². The first-order chi connectivity index (χ1) is 26.8. The molecule has 0 unspecified atom stereocenters. The van der Waals surface area contributed by atoms with Gasteiger partial charge in [-0.25, -0.2) is 4.39 Å². The van der Waals surface area contributed by atoms with E-state index in [4.69, 9.17) is 4.74 Å². The number of aryl methyl sites for hydroxylation is 1. The van der Waals surface area contributed by atoms with Gasteiger partial charge < -0.3 is 23.9 Å². The molecule has 2 aromatic heterocycles. The van der Waals surface area contributed by atoms with Crippen LogP contribution >= 0.6 is 0 Å². The number of hydrogen-bond acceptors (Lipinski definition) is 5. The number of hydrogen-bond donors (Lipinski definition) is 1. The van der Waals surface area contributed by atoms with Gasteiger partial charge in [-0.15, -0.1) is 0 Å². The van der Waals surface area contributed by atoms with Crippen LogP contribution in [-0.2, 0) is 37.7 Å². The first kappa shape index (κ1) is 35.0. The number of morpholine rings is 1. The lowest BCUT2D eigenvalue weighted by Crippen LogP contribution is -2.52. The van der Waals surface area contributed by atoms with Crippen LogP contribution in [0.3, 0.4) is 0 Å². The Balaban J connectivity index is 1.13. The van der Waals surface area contributed by atoms with Crippen LogP contribution in [0.25, 0.3) is 22.2 Å². The van der Waals surface area contributed by atoms with Gasteiger partial charge >= 0.3 is 0 Å². The molecular formula is C45H44FN5O4. The van der Waals surface area contributed by atoms with E-state index in [1.54, 1.807) is 35.2 Å². The van der Waals surface area contributed by atoms with Crippen molar-refractivity contribution in [3.63, 3.8) is 0 Å². The van der Waals surface area contributed by atoms with Crippen molar-refractivity contribution in [1.29, 1.82) is 0 Å². The second-order valence-electron chi connectivity index (χ2n) is 15.0. The molecule has 1 fully saturated rings. The van der Waals surface area contributed by atoms with E-state index in [1.165, 1.54) is 17.7 Å². The van der Waals surface area contributed by atoms with Crippen molar-refractivity contribution in [3.8, 4) is 17.0 Å². The molecule has 55 heavy (non-hydrogen) atoms. The van der Waals surface area contributed by atoms with Gasteiger partial charge in [0.25, 0.3) is 11.8 Å². The number of carbonyl (C=O) groups is 2. The van der Waals surface area contributed by atoms with Gasteiger partial charge in [0.2, 0.25) is 0 Å². The molecular weight excluding hydrogens is 694 g/mol. The molecule has 6 aromatic rings. The van der Waals surface area contributed by atoms with Crippen LogP contribution in [0.4, 0.5) is 15.8 Å². The van der Waals surface area contributed by atoms with Crippen LogP contribution in [0.5, 0.6) is 5.75 Å². The number of fused-ring (bicyclic) bond motifs is 3. The molecule has 280 valence electrons. The molecule has 0 bridgehead atoms. The Morgan fingerprint density at radius 2 is 1.64 bits per heavy atom. The molecule has 10 heteroatoms. The lowest BCUT2D eigenvalue weighted by atomic mass is 9.92. The van der Waals surface area contributed by atoms with E-state index < -0.39 is 5.82 Å². The van der Waals surface area contributed by atoms with Crippen LogP contribution in [0.1, 0.15) is 50.4 Å². The number of phenolic OH excluding ortho intramolecular Hbond substituents is 1. The summed E-state index contributed by atoms with van der Waals surface area (Å²) in [6.45, 7) is 4.81. The van der Waals surface area contributed by atoms with Gasteiger partial charge in [-0.05, 0) is 110 Å². The molecule has 0 saturated carbocycles. The average Bonchev–Trinajstić information content (AvgIpc) is 3.79. The molecule has 0 aliphatic carbocycles. The number of rotatable bonds is 7. The largest absolute Gasteiger partial charge is 0.508 e. The lowest BCUT2D eigenvalue weighted by molar-refractivity contribution is 0.0193. The monoisotopic (exact) mass is 737 g/mol. The molecule has 1 N–H and O–H groups in total. The number of halogens is 1. The maximum atomic E-state index is 15.4. The molecule has 3 aliphatic heterocycles. The fraction of sp³-hybridized carbons (Fsp3) is 0.289. The summed E-state index contributed by atoms with van der Waals surface area (Å²) < 4.78 is 25.2. The molecule has 3 aliphatic rings. The van der Waals surface area contributed by atoms with Crippen molar-refractivity contribution in [3.05, 3.63) is 137 Å². The van der Waals surface area contributed by atoms with Crippen LogP contribution in [0.2, 0.25) is 0 Å². The highest BCUT2D eigenvalue weighted by molar-refractivity contribution is 6.13. The van der Waals surface area contributed by atoms with Gasteiger partial charge in [0, 0.05) is 96.8 Å². The zero-order valence-electron chi connectivity index (χ0n) is 31.0. The summed E-state index contributed by atoms with van der Waals surface area (Å²) in [6.07, 6.45) is 5.20. The Bertz CT molecular complexity index is 2410. The summed E-state index contributed by atoms with van der Waals surface area (Å²) in [5.74, 6) is -0.725. The molecule has 9 rings (SSSR count). The molecule has 1 saturated heterocycles. The first-order valence-electron chi connectivity index (χ1n) is 19.2. The van der Waals surface area contributed by atoms with Crippen LogP contribution in [0, 0.1) is 5.82 Å². The number of carbonyl (C=O) groups excluding carboxylic acids is 2. The van der Waals surface area contributed by atoms with Gasteiger partial charge in [0.05, 0.1) is 18.8 Å². The van der Waals surface area contributed by atoms with Gasteiger partial charge in [-0.2, -0.15) is 0 Å². The van der Waals surface area contributed by atoms with E-state index in [9.17, 15) is 9.90 Å². The second-order valence-corrected chi connectivity index (χ2v) is 15.0. The number of amides is 2. The fourth-order valence-electron chi connectivity index (χ4n) is 8.74. The Morgan fingerprint density at radius 1 is 0.855 bits per heavy atom. The minimum Gasteiger partial charge on any atom is -0.508 e. The average molecular weight is 738 g/mol. The topological polar surface area (TPSA) is 83.2 Å². The van der Waals surface area contributed by atoms with Crippen LogP contribution < -0.4 is 4.90 Å². The summed E-state index contributed by atoms with van der Waals surface area (Å²) in [4.78, 5) is 36.0. The third kappa shape index (κ3) is 6.59. The Labute approximate surface area is 319 Å². The van der Waals surface area contributed by atoms with E-state index in [2.05, 4.69) is 27.7 Å². The number of aromatic nitrogens is 2. The summed E-state index contributed by atoms with van der Waals surface area (Å²) in [7, 11) is 1.99. The van der Waals surface area contributed by atoms with E-state index in [-0.39, 0.29) is 23.6 Å². The molecule has 2 amide bonds. The van der Waals surface area contributed by atoms with Gasteiger partial charge in [-0.1, -0.05) is 24.3 Å². The third-order valence-electron chi connectivity index (χ3n) is 11.6. The summed E-state index contributed by atoms with van der Waals surface area (Å²) in [6, 6.07) is 29.1. The highest BCUT2D eigenvalue weighted by atomic mass is 19.1. The number of benzene rings is 4. The molecule has 0 radical (unpaired) electrons. The highest BCUT2D eigenvalue weighted by Crippen LogP contribution is 2.38. The lowest BCUT2D eigenvalue weighted by Gasteiger charge is -2.40. The summed E-state index contributed by atoms with van der Waals surface area (Å²) in [5.41, 5.74) is 7.64. The number of aromatic hydroxyl groups is 1. The molecule has 0 spiro atoms. The van der Waals surface area contributed by atoms with Gasteiger partial charge in [0.1, 0.15) is 11.6 Å². The summed E-state index contributed by atoms with van der Waals surface area (Å²) >= 11 is 0. The first-order valence-corrected chi connectivity index (χ1v) is 19.2. The Hall–Kier alpha value is -5.71. The fourth-order valence-corrected chi connectivity index (χ4v) is 8.74. The van der Waals surface area contributed by atoms with Crippen molar-refractivity contribution in [1.82, 2.24) is 18.9 Å². The molecule has 9 nitrogen and oxygen atoms in total. The number of nitrogens with zero attached hydrogens (tertiary/aromatic N) is 5. The quantitative estimate of drug-likeness (QED) is 0.182. The minimum atomic E-state index is -0.443. The van der Waals surface area contributed by atoms with Gasteiger partial charge in [0.15, 0.2) is 0 Å². The van der Waals surface area contributed by atoms with Gasteiger partial charge in [-0.3, -0.25) is 19.4 Å². The third-order valence-corrected chi connectivity index (χ3v) is 11.6. The van der Waals surface area contributed by atoms with E-state index in [0.717, 1.165) is 61.1 Å². The van der Waals surface area contributed by atoms with Crippen molar-refractivity contribution in [2.24, 2.45) is 7.05 Å². The Morgan fingerprint density at radius 3 is 2.45 bits per heavy atom. The zero-order chi connectivity index (χ0) is 37.6. The van der Waals surface area contributed by atoms with Crippen LogP contribution in [-0.4, -0.2) is 74.7 Å². The molecule has 1 atom stereocenters. The predicted molar refractivity (Wildman–Crippen MR) is 211 cm³/mol. The highest BCUT2D eigenvalue weighted by Gasteiger charge is 2.35. The molecule has 5 heterocycles. The van der Waals surface area contributed by atoms with E-state index in [1.807, 2.05) is 59.1 Å². The number of ether oxygens (including phenoxy) is 1. The molecule has 4 aromatic carbocycles. The predicted octanol–water partition coefficient (Wildman–Crippen LogP) is 7.71. The summed E-state index contributed by atoms with van der Waals surface area (Å²) in [5, 5.41) is 11.1. The minimum absolute atomic E-state index is 0.0717. The number of phenols is 1. The zero-order valence-corrected chi connectivity index (χ0v) is 31.0. The van der Waals surface area contributed by atoms with Crippen molar-refractivity contribution < 1.29 is 23.8 Å².